The minimum Gasteiger partial charge on any atom is -0.326 e. The van der Waals surface area contributed by atoms with Crippen molar-refractivity contribution in [1.29, 1.82) is 0 Å². The molecule has 0 radical (unpaired) electrons. The summed E-state index contributed by atoms with van der Waals surface area (Å²) < 4.78 is 0. The van der Waals surface area contributed by atoms with Crippen LogP contribution >= 0.6 is 0 Å². The van der Waals surface area contributed by atoms with Crippen molar-refractivity contribution in [2.75, 3.05) is 0 Å². The fraction of sp³-hybridized carbons (Fsp3) is 0.571. The molecule has 0 bridgehead atoms. The van der Waals surface area contributed by atoms with Crippen molar-refractivity contribution < 1.29 is 0 Å². The molecule has 0 aliphatic heterocycles. The maximum absolute atomic E-state index is 5.63. The zero-order valence-corrected chi connectivity index (χ0v) is 10.5. The van der Waals surface area contributed by atoms with Gasteiger partial charge in [0.15, 0.2) is 0 Å². The van der Waals surface area contributed by atoms with Crippen molar-refractivity contribution in [1.82, 2.24) is 5.32 Å². The van der Waals surface area contributed by atoms with Crippen LogP contribution in [0, 0.1) is 0 Å². The van der Waals surface area contributed by atoms with E-state index in [4.69, 9.17) is 5.73 Å². The van der Waals surface area contributed by atoms with Gasteiger partial charge in [0.05, 0.1) is 0 Å². The topological polar surface area (TPSA) is 38.0 Å². The summed E-state index contributed by atoms with van der Waals surface area (Å²) in [5.41, 5.74) is 8.17. The molecule has 0 saturated carbocycles. The van der Waals surface area contributed by atoms with Gasteiger partial charge in [0, 0.05) is 19.1 Å². The third-order valence-electron chi connectivity index (χ3n) is 2.95. The lowest BCUT2D eigenvalue weighted by molar-refractivity contribution is 0.462. The highest BCUT2D eigenvalue weighted by molar-refractivity contribution is 5.23. The molecule has 0 spiro atoms. The van der Waals surface area contributed by atoms with Gasteiger partial charge in [0.1, 0.15) is 0 Å². The number of nitrogens with two attached hydrogens (primary N) is 1. The van der Waals surface area contributed by atoms with Crippen LogP contribution in [0.1, 0.15) is 44.2 Å². The first-order valence-electron chi connectivity index (χ1n) is 6.31. The fourth-order valence-corrected chi connectivity index (χ4v) is 1.93. The highest BCUT2D eigenvalue weighted by Crippen LogP contribution is 2.07. The summed E-state index contributed by atoms with van der Waals surface area (Å²) in [6.45, 7) is 6.05. The fourth-order valence-electron chi connectivity index (χ4n) is 1.93. The van der Waals surface area contributed by atoms with Crippen LogP contribution < -0.4 is 11.1 Å². The Morgan fingerprint density at radius 3 is 2.62 bits per heavy atom. The Bertz CT molecular complexity index is 297. The molecular weight excluding hydrogens is 196 g/mol. The molecule has 0 aromatic heterocycles. The van der Waals surface area contributed by atoms with E-state index in [2.05, 4.69) is 43.4 Å². The summed E-state index contributed by atoms with van der Waals surface area (Å²) in [7, 11) is 0. The van der Waals surface area contributed by atoms with Gasteiger partial charge in [-0.3, -0.25) is 0 Å². The molecule has 2 heteroatoms. The predicted octanol–water partition coefficient (Wildman–Crippen LogP) is 2.81. The smallest absolute Gasteiger partial charge is 0.0208 e. The van der Waals surface area contributed by atoms with Gasteiger partial charge in [0.25, 0.3) is 0 Å². The van der Waals surface area contributed by atoms with Gasteiger partial charge in [-0.1, -0.05) is 44.5 Å². The average Bonchev–Trinajstić information content (AvgIpc) is 2.34. The van der Waals surface area contributed by atoms with E-state index in [1.54, 1.807) is 0 Å². The lowest BCUT2D eigenvalue weighted by Gasteiger charge is -2.16. The largest absolute Gasteiger partial charge is 0.326 e. The van der Waals surface area contributed by atoms with Gasteiger partial charge >= 0.3 is 0 Å². The van der Waals surface area contributed by atoms with Crippen molar-refractivity contribution in [3.8, 4) is 0 Å². The first-order valence-corrected chi connectivity index (χ1v) is 6.31. The molecule has 0 aliphatic rings. The average molecular weight is 220 g/mol. The molecule has 2 nitrogen and oxygen atoms in total. The predicted molar refractivity (Wildman–Crippen MR) is 70.2 cm³/mol. The van der Waals surface area contributed by atoms with Gasteiger partial charge in [0.2, 0.25) is 0 Å². The Labute approximate surface area is 99.2 Å². The van der Waals surface area contributed by atoms with Crippen LogP contribution in [0.15, 0.2) is 24.3 Å². The third kappa shape index (κ3) is 4.33. The molecule has 1 atom stereocenters. The van der Waals surface area contributed by atoms with E-state index in [-0.39, 0.29) is 0 Å². The molecule has 0 aliphatic carbocycles. The van der Waals surface area contributed by atoms with Crippen LogP contribution in [0.3, 0.4) is 0 Å². The molecule has 1 aromatic carbocycles. The Morgan fingerprint density at radius 2 is 2.00 bits per heavy atom. The number of benzene rings is 1. The van der Waals surface area contributed by atoms with Crippen molar-refractivity contribution in [3.63, 3.8) is 0 Å². The van der Waals surface area contributed by atoms with Gasteiger partial charge in [-0.2, -0.15) is 0 Å². The van der Waals surface area contributed by atoms with Crippen LogP contribution in [-0.4, -0.2) is 6.04 Å². The number of hydrogen-bond acceptors (Lipinski definition) is 2. The van der Waals surface area contributed by atoms with Gasteiger partial charge in [-0.05, 0) is 24.0 Å². The number of hydrogen-bond donors (Lipinski definition) is 2. The van der Waals surface area contributed by atoms with E-state index < -0.39 is 0 Å². The second kappa shape index (κ2) is 7.42. The van der Waals surface area contributed by atoms with E-state index in [1.807, 2.05) is 0 Å². The zero-order chi connectivity index (χ0) is 11.8. The summed E-state index contributed by atoms with van der Waals surface area (Å²) in [6, 6.07) is 9.15. The van der Waals surface area contributed by atoms with E-state index in [9.17, 15) is 0 Å². The molecule has 1 unspecified atom stereocenters. The van der Waals surface area contributed by atoms with E-state index in [0.29, 0.717) is 12.6 Å². The van der Waals surface area contributed by atoms with Crippen LogP contribution in [0.25, 0.3) is 0 Å². The van der Waals surface area contributed by atoms with Crippen LogP contribution in [-0.2, 0) is 13.1 Å². The lowest BCUT2D eigenvalue weighted by Crippen LogP contribution is -2.27. The quantitative estimate of drug-likeness (QED) is 0.741. The molecule has 0 amide bonds. The summed E-state index contributed by atoms with van der Waals surface area (Å²) >= 11 is 0. The van der Waals surface area contributed by atoms with E-state index in [1.165, 1.54) is 30.4 Å². The highest BCUT2D eigenvalue weighted by Gasteiger charge is 2.03. The molecule has 0 saturated heterocycles. The molecule has 1 aromatic rings. The molecule has 1 rings (SSSR count). The normalized spacial score (nSPS) is 12.7. The van der Waals surface area contributed by atoms with Crippen LogP contribution in [0.4, 0.5) is 0 Å². The van der Waals surface area contributed by atoms with Gasteiger partial charge in [-0.25, -0.2) is 0 Å². The van der Waals surface area contributed by atoms with Crippen molar-refractivity contribution in [2.45, 2.75) is 52.2 Å². The monoisotopic (exact) mass is 220 g/mol. The Morgan fingerprint density at radius 1 is 1.25 bits per heavy atom. The molecular formula is C14H24N2. The molecule has 0 heterocycles. The lowest BCUT2D eigenvalue weighted by atomic mass is 10.1. The van der Waals surface area contributed by atoms with Crippen molar-refractivity contribution in [2.24, 2.45) is 5.73 Å². The Hall–Kier alpha value is -0.860. The Kier molecular flexibility index (Phi) is 6.12. The minimum absolute atomic E-state index is 0.625. The first-order chi connectivity index (χ1) is 7.80. The highest BCUT2D eigenvalue weighted by atomic mass is 14.9. The number of rotatable bonds is 7. The first kappa shape index (κ1) is 13.2. The maximum atomic E-state index is 5.63. The van der Waals surface area contributed by atoms with Crippen LogP contribution in [0.5, 0.6) is 0 Å². The summed E-state index contributed by atoms with van der Waals surface area (Å²) in [5, 5.41) is 3.60. The van der Waals surface area contributed by atoms with E-state index in [0.717, 1.165) is 6.54 Å². The van der Waals surface area contributed by atoms with Crippen LogP contribution in [0.2, 0.25) is 0 Å². The Balaban J connectivity index is 2.46. The third-order valence-corrected chi connectivity index (χ3v) is 2.95. The summed E-state index contributed by atoms with van der Waals surface area (Å²) in [4.78, 5) is 0. The molecule has 3 N–H and O–H groups in total. The second-order valence-corrected chi connectivity index (χ2v) is 4.30. The van der Waals surface area contributed by atoms with Crippen molar-refractivity contribution >= 4 is 0 Å². The minimum atomic E-state index is 0.625. The van der Waals surface area contributed by atoms with Gasteiger partial charge in [-0.15, -0.1) is 0 Å². The van der Waals surface area contributed by atoms with Crippen molar-refractivity contribution in [3.05, 3.63) is 35.4 Å². The summed E-state index contributed by atoms with van der Waals surface area (Å²) in [5.74, 6) is 0. The van der Waals surface area contributed by atoms with Gasteiger partial charge < -0.3 is 11.1 Å². The van der Waals surface area contributed by atoms with E-state index >= 15 is 0 Å². The second-order valence-electron chi connectivity index (χ2n) is 4.30. The zero-order valence-electron chi connectivity index (χ0n) is 10.5. The SMILES string of the molecule is CCCC(CC)NCc1cccc(CN)c1. The molecule has 0 fully saturated rings. The summed E-state index contributed by atoms with van der Waals surface area (Å²) in [6.07, 6.45) is 3.70. The molecule has 16 heavy (non-hydrogen) atoms. The number of nitrogens with one attached hydrogen (secondary N) is 1. The molecule has 90 valence electrons. The maximum Gasteiger partial charge on any atom is 0.0208 e. The standard InChI is InChI=1S/C14H24N2/c1-3-6-14(4-2)16-11-13-8-5-7-12(9-13)10-15/h5,7-9,14,16H,3-4,6,10-11,15H2,1-2H3.